The molecule has 82 valence electrons. The highest BCUT2D eigenvalue weighted by Crippen LogP contribution is 2.17. The normalized spacial score (nSPS) is 12.2. The largest absolute Gasteiger partial charge is 0.325 e. The van der Waals surface area contributed by atoms with E-state index in [9.17, 15) is 4.79 Å². The summed E-state index contributed by atoms with van der Waals surface area (Å²) in [5, 5.41) is 2.77. The van der Waals surface area contributed by atoms with E-state index in [1.165, 1.54) is 4.90 Å². The smallest absolute Gasteiger partial charge is 0.241 e. The predicted molar refractivity (Wildman–Crippen MR) is 65.1 cm³/mol. The molecule has 1 aromatic rings. The van der Waals surface area contributed by atoms with Crippen LogP contribution in [0.15, 0.2) is 29.2 Å². The molecular formula is C11H16N2OS. The van der Waals surface area contributed by atoms with Gasteiger partial charge in [-0.2, -0.15) is 0 Å². The third kappa shape index (κ3) is 3.57. The molecule has 1 atom stereocenters. The average molecular weight is 224 g/mol. The standard InChI is InChI=1S/C11H16N2OS/c1-3-10(12)11(14)13-8-4-6-9(15-2)7-5-8/h4-7,10H,3,12H2,1-2H3,(H,13,14)/t10-/m0/s1. The Morgan fingerprint density at radius 1 is 1.47 bits per heavy atom. The first-order valence-corrected chi connectivity index (χ1v) is 6.10. The molecule has 0 saturated carbocycles. The van der Waals surface area contributed by atoms with E-state index in [1.807, 2.05) is 37.4 Å². The number of benzene rings is 1. The van der Waals surface area contributed by atoms with Gasteiger partial charge in [0.2, 0.25) is 5.91 Å². The maximum atomic E-state index is 11.5. The summed E-state index contributed by atoms with van der Waals surface area (Å²) >= 11 is 1.67. The minimum absolute atomic E-state index is 0.130. The number of nitrogens with one attached hydrogen (secondary N) is 1. The predicted octanol–water partition coefficient (Wildman–Crippen LogP) is 2.08. The van der Waals surface area contributed by atoms with Gasteiger partial charge in [-0.15, -0.1) is 11.8 Å². The van der Waals surface area contributed by atoms with Crippen LogP contribution < -0.4 is 11.1 Å². The van der Waals surface area contributed by atoms with Crippen molar-refractivity contribution in [3.63, 3.8) is 0 Å². The van der Waals surface area contributed by atoms with Crippen LogP contribution in [0.3, 0.4) is 0 Å². The molecule has 0 aromatic heterocycles. The highest BCUT2D eigenvalue weighted by atomic mass is 32.2. The molecule has 15 heavy (non-hydrogen) atoms. The van der Waals surface area contributed by atoms with Gasteiger partial charge in [0.05, 0.1) is 6.04 Å². The van der Waals surface area contributed by atoms with Crippen molar-refractivity contribution >= 4 is 23.4 Å². The van der Waals surface area contributed by atoms with Crippen LogP contribution >= 0.6 is 11.8 Å². The third-order valence-corrected chi connectivity index (χ3v) is 2.88. The van der Waals surface area contributed by atoms with Gasteiger partial charge in [-0.25, -0.2) is 0 Å². The van der Waals surface area contributed by atoms with Crippen molar-refractivity contribution < 1.29 is 4.79 Å². The summed E-state index contributed by atoms with van der Waals surface area (Å²) in [6.07, 6.45) is 2.66. The van der Waals surface area contributed by atoms with Crippen molar-refractivity contribution in [2.24, 2.45) is 5.73 Å². The third-order valence-electron chi connectivity index (χ3n) is 2.13. The van der Waals surface area contributed by atoms with Crippen LogP contribution in [0.2, 0.25) is 0 Å². The topological polar surface area (TPSA) is 55.1 Å². The fraction of sp³-hybridized carbons (Fsp3) is 0.364. The molecule has 0 aliphatic heterocycles. The first kappa shape index (κ1) is 12.1. The zero-order valence-corrected chi connectivity index (χ0v) is 9.80. The number of nitrogens with two attached hydrogens (primary N) is 1. The van der Waals surface area contributed by atoms with Gasteiger partial charge in [-0.3, -0.25) is 4.79 Å². The summed E-state index contributed by atoms with van der Waals surface area (Å²) in [5.74, 6) is -0.130. The fourth-order valence-corrected chi connectivity index (χ4v) is 1.50. The van der Waals surface area contributed by atoms with Crippen LogP contribution in [-0.2, 0) is 4.79 Å². The molecule has 1 amide bonds. The summed E-state index contributed by atoms with van der Waals surface area (Å²) in [4.78, 5) is 12.6. The monoisotopic (exact) mass is 224 g/mol. The molecule has 0 saturated heterocycles. The zero-order valence-electron chi connectivity index (χ0n) is 8.99. The van der Waals surface area contributed by atoms with Gasteiger partial charge in [-0.1, -0.05) is 6.92 Å². The van der Waals surface area contributed by atoms with Gasteiger partial charge in [0.15, 0.2) is 0 Å². The van der Waals surface area contributed by atoms with Crippen molar-refractivity contribution in [1.82, 2.24) is 0 Å². The second kappa shape index (κ2) is 5.78. The Morgan fingerprint density at radius 2 is 2.07 bits per heavy atom. The van der Waals surface area contributed by atoms with E-state index in [2.05, 4.69) is 5.32 Å². The van der Waals surface area contributed by atoms with E-state index in [1.54, 1.807) is 11.8 Å². The first-order valence-electron chi connectivity index (χ1n) is 4.88. The Balaban J connectivity index is 2.61. The molecule has 1 rings (SSSR count). The van der Waals surface area contributed by atoms with Crippen LogP contribution in [0.1, 0.15) is 13.3 Å². The quantitative estimate of drug-likeness (QED) is 0.770. The number of carbonyl (C=O) groups excluding carboxylic acids is 1. The lowest BCUT2D eigenvalue weighted by Crippen LogP contribution is -2.34. The van der Waals surface area contributed by atoms with Crippen molar-refractivity contribution in [2.75, 3.05) is 11.6 Å². The van der Waals surface area contributed by atoms with Crippen molar-refractivity contribution in [2.45, 2.75) is 24.3 Å². The molecule has 0 fully saturated rings. The SMILES string of the molecule is CC[C@H](N)C(=O)Nc1ccc(SC)cc1. The number of rotatable bonds is 4. The second-order valence-corrected chi connectivity index (χ2v) is 4.11. The highest BCUT2D eigenvalue weighted by Gasteiger charge is 2.10. The van der Waals surface area contributed by atoms with E-state index in [0.29, 0.717) is 6.42 Å². The molecule has 0 bridgehead atoms. The summed E-state index contributed by atoms with van der Waals surface area (Å²) < 4.78 is 0. The minimum atomic E-state index is -0.426. The van der Waals surface area contributed by atoms with E-state index >= 15 is 0 Å². The van der Waals surface area contributed by atoms with E-state index < -0.39 is 6.04 Å². The molecule has 0 spiro atoms. The van der Waals surface area contributed by atoms with Gasteiger partial charge >= 0.3 is 0 Å². The lowest BCUT2D eigenvalue weighted by molar-refractivity contribution is -0.117. The molecule has 0 aliphatic rings. The van der Waals surface area contributed by atoms with Crippen LogP contribution in [0, 0.1) is 0 Å². The van der Waals surface area contributed by atoms with E-state index in [-0.39, 0.29) is 5.91 Å². The Labute approximate surface area is 94.4 Å². The highest BCUT2D eigenvalue weighted by molar-refractivity contribution is 7.98. The average Bonchev–Trinajstić information content (AvgIpc) is 2.29. The van der Waals surface area contributed by atoms with Crippen molar-refractivity contribution in [3.05, 3.63) is 24.3 Å². The number of amides is 1. The molecule has 3 nitrogen and oxygen atoms in total. The summed E-state index contributed by atoms with van der Waals surface area (Å²) in [7, 11) is 0. The molecule has 1 aromatic carbocycles. The molecular weight excluding hydrogens is 208 g/mol. The Hall–Kier alpha value is -1.00. The second-order valence-electron chi connectivity index (χ2n) is 3.23. The molecule has 3 N–H and O–H groups in total. The number of thioether (sulfide) groups is 1. The van der Waals surface area contributed by atoms with Gasteiger partial charge in [0.25, 0.3) is 0 Å². The van der Waals surface area contributed by atoms with Gasteiger partial charge in [0.1, 0.15) is 0 Å². The van der Waals surface area contributed by atoms with Crippen LogP contribution in [0.5, 0.6) is 0 Å². The number of carbonyl (C=O) groups is 1. The van der Waals surface area contributed by atoms with E-state index in [0.717, 1.165) is 5.69 Å². The molecule has 0 radical (unpaired) electrons. The molecule has 0 heterocycles. The number of hydrogen-bond acceptors (Lipinski definition) is 3. The van der Waals surface area contributed by atoms with Crippen LogP contribution in [-0.4, -0.2) is 18.2 Å². The minimum Gasteiger partial charge on any atom is -0.325 e. The van der Waals surface area contributed by atoms with Gasteiger partial charge in [0, 0.05) is 10.6 Å². The van der Waals surface area contributed by atoms with Crippen LogP contribution in [0.4, 0.5) is 5.69 Å². The zero-order chi connectivity index (χ0) is 11.3. The fourth-order valence-electron chi connectivity index (χ4n) is 1.09. The van der Waals surface area contributed by atoms with Crippen molar-refractivity contribution in [1.29, 1.82) is 0 Å². The Kier molecular flexibility index (Phi) is 4.65. The number of hydrogen-bond donors (Lipinski definition) is 2. The summed E-state index contributed by atoms with van der Waals surface area (Å²) in [6.45, 7) is 1.89. The van der Waals surface area contributed by atoms with Crippen molar-refractivity contribution in [3.8, 4) is 0 Å². The Morgan fingerprint density at radius 3 is 2.53 bits per heavy atom. The van der Waals surface area contributed by atoms with E-state index in [4.69, 9.17) is 5.73 Å². The lowest BCUT2D eigenvalue weighted by atomic mass is 10.2. The lowest BCUT2D eigenvalue weighted by Gasteiger charge is -2.10. The first-order chi connectivity index (χ1) is 7.17. The summed E-state index contributed by atoms with van der Waals surface area (Å²) in [6, 6.07) is 7.28. The molecule has 0 aliphatic carbocycles. The molecule has 0 unspecified atom stereocenters. The van der Waals surface area contributed by atoms with Gasteiger partial charge in [-0.05, 0) is 36.9 Å². The maximum Gasteiger partial charge on any atom is 0.241 e. The maximum absolute atomic E-state index is 11.5. The van der Waals surface area contributed by atoms with Gasteiger partial charge < -0.3 is 11.1 Å². The summed E-state index contributed by atoms with van der Waals surface area (Å²) in [5.41, 5.74) is 6.40. The van der Waals surface area contributed by atoms with Crippen LogP contribution in [0.25, 0.3) is 0 Å². The molecule has 4 heteroatoms. The Bertz CT molecular complexity index is 324. The number of anilines is 1.